The average molecular weight is 373 g/mol. The molecule has 0 saturated heterocycles. The van der Waals surface area contributed by atoms with Crippen LogP contribution in [-0.2, 0) is 6.54 Å². The van der Waals surface area contributed by atoms with E-state index in [4.69, 9.17) is 5.73 Å². The maximum absolute atomic E-state index is 5.79. The van der Waals surface area contributed by atoms with Crippen molar-refractivity contribution in [1.29, 1.82) is 0 Å². The molecule has 0 bridgehead atoms. The lowest BCUT2D eigenvalue weighted by atomic mass is 10.2. The van der Waals surface area contributed by atoms with Crippen molar-refractivity contribution in [3.8, 4) is 0 Å². The molecule has 4 heteroatoms. The third kappa shape index (κ3) is 3.13. The average Bonchev–Trinajstić information content (AvgIpc) is 2.32. The number of hydrogen-bond acceptors (Lipinski definition) is 2. The van der Waals surface area contributed by atoms with Gasteiger partial charge < -0.3 is 5.73 Å². The summed E-state index contributed by atoms with van der Waals surface area (Å²) < 4.78 is 2.17. The lowest BCUT2D eigenvalue weighted by molar-refractivity contribution is 1.02. The summed E-state index contributed by atoms with van der Waals surface area (Å²) in [5.41, 5.74) is 6.93. The third-order valence-electron chi connectivity index (χ3n) is 2.34. The molecule has 0 saturated carbocycles. The zero-order valence-corrected chi connectivity index (χ0v) is 13.0. The van der Waals surface area contributed by atoms with E-state index >= 15 is 0 Å². The van der Waals surface area contributed by atoms with Crippen molar-refractivity contribution in [2.45, 2.75) is 16.3 Å². The van der Waals surface area contributed by atoms with Gasteiger partial charge in [0, 0.05) is 25.3 Å². The van der Waals surface area contributed by atoms with Gasteiger partial charge in [-0.25, -0.2) is 0 Å². The van der Waals surface area contributed by atoms with Crippen molar-refractivity contribution < 1.29 is 0 Å². The highest BCUT2D eigenvalue weighted by atomic mass is 79.9. The van der Waals surface area contributed by atoms with Gasteiger partial charge in [-0.05, 0) is 45.8 Å². The van der Waals surface area contributed by atoms with Crippen molar-refractivity contribution in [2.75, 3.05) is 0 Å². The summed E-state index contributed by atoms with van der Waals surface area (Å²) >= 11 is 8.81. The molecule has 0 aliphatic heterocycles. The molecule has 2 rings (SSSR count). The largest absolute Gasteiger partial charge is 0.326 e. The second-order valence-corrected chi connectivity index (χ2v) is 6.25. The van der Waals surface area contributed by atoms with Crippen LogP contribution in [0.1, 0.15) is 5.56 Å². The van der Waals surface area contributed by atoms with E-state index in [1.54, 1.807) is 11.8 Å². The maximum atomic E-state index is 5.79. The van der Waals surface area contributed by atoms with E-state index in [9.17, 15) is 0 Å². The van der Waals surface area contributed by atoms with Gasteiger partial charge in [0.15, 0.2) is 0 Å². The minimum Gasteiger partial charge on any atom is -0.326 e. The zero-order chi connectivity index (χ0) is 12.3. The molecule has 2 aromatic rings. The normalized spacial score (nSPS) is 10.5. The smallest absolute Gasteiger partial charge is 0.0314 e. The minimum absolute atomic E-state index is 0.536. The van der Waals surface area contributed by atoms with Crippen LogP contribution in [0.4, 0.5) is 0 Å². The fourth-order valence-corrected chi connectivity index (χ4v) is 3.68. The first-order chi connectivity index (χ1) is 8.22. The summed E-state index contributed by atoms with van der Waals surface area (Å²) in [6.07, 6.45) is 0. The van der Waals surface area contributed by atoms with Crippen LogP contribution in [0, 0.1) is 0 Å². The van der Waals surface area contributed by atoms with Crippen molar-refractivity contribution in [2.24, 2.45) is 5.73 Å². The van der Waals surface area contributed by atoms with Gasteiger partial charge >= 0.3 is 0 Å². The van der Waals surface area contributed by atoms with Crippen molar-refractivity contribution >= 4 is 43.6 Å². The Bertz CT molecular complexity index is 529. The van der Waals surface area contributed by atoms with E-state index in [2.05, 4.69) is 44.0 Å². The predicted molar refractivity (Wildman–Crippen MR) is 80.3 cm³/mol. The Morgan fingerprint density at radius 1 is 0.882 bits per heavy atom. The van der Waals surface area contributed by atoms with Crippen molar-refractivity contribution in [3.63, 3.8) is 0 Å². The Hall–Kier alpha value is -0.290. The number of rotatable bonds is 3. The van der Waals surface area contributed by atoms with Crippen molar-refractivity contribution in [3.05, 3.63) is 57.0 Å². The summed E-state index contributed by atoms with van der Waals surface area (Å²) in [5, 5.41) is 0. The molecule has 0 heterocycles. The van der Waals surface area contributed by atoms with Gasteiger partial charge in [-0.2, -0.15) is 0 Å². The maximum Gasteiger partial charge on any atom is 0.0314 e. The fourth-order valence-electron chi connectivity index (χ4n) is 1.48. The number of nitrogens with two attached hydrogens (primary N) is 1. The Labute approximate surface area is 122 Å². The van der Waals surface area contributed by atoms with Crippen LogP contribution in [0.5, 0.6) is 0 Å². The molecule has 0 spiro atoms. The molecule has 17 heavy (non-hydrogen) atoms. The van der Waals surface area contributed by atoms with Crippen molar-refractivity contribution in [1.82, 2.24) is 0 Å². The van der Waals surface area contributed by atoms with Crippen LogP contribution in [-0.4, -0.2) is 0 Å². The summed E-state index contributed by atoms with van der Waals surface area (Å²) in [6.45, 7) is 0.536. The van der Waals surface area contributed by atoms with Crippen LogP contribution in [0.2, 0.25) is 0 Å². The lowest BCUT2D eigenvalue weighted by Crippen LogP contribution is -1.99. The number of hydrogen-bond donors (Lipinski definition) is 1. The van der Waals surface area contributed by atoms with E-state index in [-0.39, 0.29) is 0 Å². The van der Waals surface area contributed by atoms with Gasteiger partial charge in [-0.3, -0.25) is 0 Å². The predicted octanol–water partition coefficient (Wildman–Crippen LogP) is 4.82. The molecule has 0 amide bonds. The molecule has 2 N–H and O–H groups in total. The molecule has 2 aromatic carbocycles. The summed E-state index contributed by atoms with van der Waals surface area (Å²) in [5.74, 6) is 0. The van der Waals surface area contributed by atoms with Gasteiger partial charge in [0.1, 0.15) is 0 Å². The second-order valence-electron chi connectivity index (χ2n) is 3.45. The van der Waals surface area contributed by atoms with E-state index < -0.39 is 0 Å². The van der Waals surface area contributed by atoms with E-state index in [1.807, 2.05) is 30.3 Å². The molecule has 0 unspecified atom stereocenters. The van der Waals surface area contributed by atoms with Crippen LogP contribution in [0.3, 0.4) is 0 Å². The molecule has 0 aliphatic carbocycles. The van der Waals surface area contributed by atoms with Gasteiger partial charge in [0.25, 0.3) is 0 Å². The molecule has 88 valence electrons. The first-order valence-electron chi connectivity index (χ1n) is 5.12. The molecule has 1 nitrogen and oxygen atoms in total. The topological polar surface area (TPSA) is 26.0 Å². The highest BCUT2D eigenvalue weighted by Gasteiger charge is 2.08. The van der Waals surface area contributed by atoms with Crippen LogP contribution < -0.4 is 5.73 Å². The zero-order valence-electron chi connectivity index (χ0n) is 8.99. The summed E-state index contributed by atoms with van der Waals surface area (Å²) in [6, 6.07) is 14.3. The van der Waals surface area contributed by atoms with Gasteiger partial charge in [-0.1, -0.05) is 45.9 Å². The van der Waals surface area contributed by atoms with Gasteiger partial charge in [0.2, 0.25) is 0 Å². The molecular weight excluding hydrogens is 362 g/mol. The molecular formula is C13H11Br2NS. The van der Waals surface area contributed by atoms with E-state index in [1.165, 1.54) is 9.79 Å². The monoisotopic (exact) mass is 371 g/mol. The van der Waals surface area contributed by atoms with Crippen LogP contribution in [0.15, 0.2) is 61.2 Å². The number of benzene rings is 2. The molecule has 0 aliphatic rings. The van der Waals surface area contributed by atoms with Crippen LogP contribution in [0.25, 0.3) is 0 Å². The quantitative estimate of drug-likeness (QED) is 0.835. The van der Waals surface area contributed by atoms with Crippen LogP contribution >= 0.6 is 43.6 Å². The molecule has 0 fully saturated rings. The first-order valence-corrected chi connectivity index (χ1v) is 7.52. The molecule has 0 aromatic heterocycles. The first kappa shape index (κ1) is 13.1. The molecule has 0 radical (unpaired) electrons. The third-order valence-corrected chi connectivity index (χ3v) is 5.21. The Morgan fingerprint density at radius 3 is 2.24 bits per heavy atom. The Morgan fingerprint density at radius 2 is 1.53 bits per heavy atom. The Kier molecular flexibility index (Phi) is 4.68. The lowest BCUT2D eigenvalue weighted by Gasteiger charge is -2.10. The fraction of sp³-hybridized carbons (Fsp3) is 0.0769. The van der Waals surface area contributed by atoms with E-state index in [0.29, 0.717) is 6.54 Å². The highest BCUT2D eigenvalue weighted by Crippen LogP contribution is 2.37. The second kappa shape index (κ2) is 6.05. The summed E-state index contributed by atoms with van der Waals surface area (Å²) in [4.78, 5) is 2.38. The highest BCUT2D eigenvalue weighted by molar-refractivity contribution is 9.10. The SMILES string of the molecule is NCc1c(Br)cccc1Sc1ccccc1Br. The summed E-state index contributed by atoms with van der Waals surface area (Å²) in [7, 11) is 0. The van der Waals surface area contributed by atoms with Gasteiger partial charge in [0.05, 0.1) is 0 Å². The Balaban J connectivity index is 2.37. The molecule has 0 atom stereocenters. The van der Waals surface area contributed by atoms with Gasteiger partial charge in [-0.15, -0.1) is 0 Å². The minimum atomic E-state index is 0.536. The number of halogens is 2. The van der Waals surface area contributed by atoms with E-state index in [0.717, 1.165) is 14.5 Å². The standard InChI is InChI=1S/C13H11Br2NS/c14-10-5-3-7-12(9(10)8-16)17-13-6-2-1-4-11(13)15/h1-7H,8,16H2.